The summed E-state index contributed by atoms with van der Waals surface area (Å²) in [5.41, 5.74) is 6.81. The number of benzene rings is 5. The highest BCUT2D eigenvalue weighted by atomic mass is 32.2. The van der Waals surface area contributed by atoms with Crippen LogP contribution in [0.5, 0.6) is 0 Å². The second-order valence-corrected chi connectivity index (χ2v) is 11.3. The van der Waals surface area contributed by atoms with Gasteiger partial charge in [0.15, 0.2) is 5.82 Å². The number of nitriles is 1. The van der Waals surface area contributed by atoms with E-state index in [0.29, 0.717) is 5.56 Å². The predicted octanol–water partition coefficient (Wildman–Crippen LogP) is 8.78. The topological polar surface area (TPSA) is 49.6 Å². The highest BCUT2D eigenvalue weighted by Crippen LogP contribution is 2.50. The average molecular weight is 506 g/mol. The molecule has 0 aliphatic carbocycles. The zero-order valence-corrected chi connectivity index (χ0v) is 21.9. The molecule has 0 radical (unpaired) electrons. The highest BCUT2D eigenvalue weighted by molar-refractivity contribution is 7.99. The maximum Gasteiger partial charge on any atom is 0.160 e. The van der Waals surface area contributed by atoms with Crippen LogP contribution < -0.4 is 0 Å². The van der Waals surface area contributed by atoms with Gasteiger partial charge in [0, 0.05) is 31.7 Å². The molecule has 1 aromatic heterocycles. The molecular weight excluding hydrogens is 482 g/mol. The van der Waals surface area contributed by atoms with Crippen LogP contribution >= 0.6 is 11.8 Å². The van der Waals surface area contributed by atoms with Crippen LogP contribution in [0.2, 0.25) is 0 Å². The Bertz CT molecular complexity index is 1950. The minimum Gasteiger partial charge on any atom is -0.228 e. The van der Waals surface area contributed by atoms with Crippen LogP contribution in [0, 0.1) is 11.3 Å². The lowest BCUT2D eigenvalue weighted by Gasteiger charge is -2.35. The molecule has 0 fully saturated rings. The van der Waals surface area contributed by atoms with Crippen molar-refractivity contribution in [3.63, 3.8) is 0 Å². The van der Waals surface area contributed by atoms with Gasteiger partial charge in [-0.3, -0.25) is 0 Å². The van der Waals surface area contributed by atoms with Crippen molar-refractivity contribution < 1.29 is 0 Å². The fraction of sp³-hybridized carbons (Fsp3) is 0.0882. The first-order valence-electron chi connectivity index (χ1n) is 12.6. The molecule has 1 aliphatic rings. The van der Waals surface area contributed by atoms with E-state index in [-0.39, 0.29) is 5.41 Å². The van der Waals surface area contributed by atoms with E-state index in [0.717, 1.165) is 33.5 Å². The van der Waals surface area contributed by atoms with Crippen molar-refractivity contribution in [2.75, 3.05) is 0 Å². The fourth-order valence-corrected chi connectivity index (χ4v) is 6.81. The van der Waals surface area contributed by atoms with E-state index in [2.05, 4.69) is 98.8 Å². The molecule has 5 aromatic carbocycles. The van der Waals surface area contributed by atoms with Crippen LogP contribution in [0.3, 0.4) is 0 Å². The molecule has 0 N–H and O–H groups in total. The molecule has 0 atom stereocenters. The van der Waals surface area contributed by atoms with E-state index < -0.39 is 0 Å². The van der Waals surface area contributed by atoms with Crippen molar-refractivity contribution in [2.24, 2.45) is 0 Å². The van der Waals surface area contributed by atoms with Gasteiger partial charge in [-0.15, -0.1) is 0 Å². The Morgan fingerprint density at radius 2 is 1.39 bits per heavy atom. The number of para-hydroxylation sites is 1. The molecule has 4 heteroatoms. The minimum atomic E-state index is -0.247. The van der Waals surface area contributed by atoms with Crippen molar-refractivity contribution in [3.8, 4) is 28.7 Å². The van der Waals surface area contributed by atoms with E-state index >= 15 is 0 Å². The molecule has 0 amide bonds. The highest BCUT2D eigenvalue weighted by Gasteiger charge is 2.33. The molecule has 38 heavy (non-hydrogen) atoms. The van der Waals surface area contributed by atoms with Crippen molar-refractivity contribution in [3.05, 3.63) is 120 Å². The first kappa shape index (κ1) is 22.7. The van der Waals surface area contributed by atoms with Gasteiger partial charge < -0.3 is 0 Å². The Morgan fingerprint density at radius 3 is 2.24 bits per heavy atom. The van der Waals surface area contributed by atoms with Crippen molar-refractivity contribution in [2.45, 2.75) is 29.1 Å². The summed E-state index contributed by atoms with van der Waals surface area (Å²) in [4.78, 5) is 12.6. The molecule has 2 heterocycles. The van der Waals surface area contributed by atoms with Crippen LogP contribution in [0.4, 0.5) is 0 Å². The maximum atomic E-state index is 9.51. The molecule has 3 nitrogen and oxygen atoms in total. The smallest absolute Gasteiger partial charge is 0.160 e. The van der Waals surface area contributed by atoms with Gasteiger partial charge in [-0.1, -0.05) is 86.3 Å². The lowest BCUT2D eigenvalue weighted by atomic mass is 9.76. The van der Waals surface area contributed by atoms with Crippen LogP contribution in [0.1, 0.15) is 30.5 Å². The van der Waals surface area contributed by atoms with E-state index in [1.165, 1.54) is 31.7 Å². The number of rotatable bonds is 2. The second kappa shape index (κ2) is 8.55. The fourth-order valence-electron chi connectivity index (χ4n) is 5.45. The summed E-state index contributed by atoms with van der Waals surface area (Å²) in [6.45, 7) is 4.49. The summed E-state index contributed by atoms with van der Waals surface area (Å²) in [5.74, 6) is 0.722. The first-order chi connectivity index (χ1) is 18.5. The molecule has 0 saturated heterocycles. The molecule has 0 saturated carbocycles. The van der Waals surface area contributed by atoms with Crippen LogP contribution in [-0.2, 0) is 5.41 Å². The summed E-state index contributed by atoms with van der Waals surface area (Å²) in [7, 11) is 0. The zero-order valence-electron chi connectivity index (χ0n) is 21.1. The van der Waals surface area contributed by atoms with E-state index in [4.69, 9.17) is 9.97 Å². The molecule has 7 rings (SSSR count). The molecule has 180 valence electrons. The molecular formula is C34H23N3S. The Kier molecular flexibility index (Phi) is 5.11. The number of hydrogen-bond donors (Lipinski definition) is 0. The van der Waals surface area contributed by atoms with Gasteiger partial charge >= 0.3 is 0 Å². The Morgan fingerprint density at radius 1 is 0.684 bits per heavy atom. The van der Waals surface area contributed by atoms with Gasteiger partial charge in [0.1, 0.15) is 0 Å². The molecule has 0 bridgehead atoms. The molecule has 0 spiro atoms. The van der Waals surface area contributed by atoms with Crippen LogP contribution in [0.25, 0.3) is 44.3 Å². The Labute approximate surface area is 225 Å². The van der Waals surface area contributed by atoms with E-state index in [1.807, 2.05) is 24.3 Å². The number of fused-ring (bicyclic) bond motifs is 4. The number of hydrogen-bond acceptors (Lipinski definition) is 4. The van der Waals surface area contributed by atoms with Gasteiger partial charge in [-0.25, -0.2) is 9.97 Å². The first-order valence-corrected chi connectivity index (χ1v) is 13.5. The van der Waals surface area contributed by atoms with Gasteiger partial charge in [-0.05, 0) is 64.4 Å². The monoisotopic (exact) mass is 505 g/mol. The summed E-state index contributed by atoms with van der Waals surface area (Å²) < 4.78 is 0. The number of nitrogens with zero attached hydrogens (tertiary/aromatic N) is 3. The van der Waals surface area contributed by atoms with Crippen molar-refractivity contribution in [1.82, 2.24) is 9.97 Å². The summed E-state index contributed by atoms with van der Waals surface area (Å²) >= 11 is 1.77. The molecule has 0 unspecified atom stereocenters. The SMILES string of the molecule is CC1(C)c2cc(C#N)ccc2Sc2ccc(-c3nc(-c4ccc5ccccc5c4)nc4ccccc34)cc21. The van der Waals surface area contributed by atoms with Crippen LogP contribution in [0.15, 0.2) is 113 Å². The van der Waals surface area contributed by atoms with Gasteiger partial charge in [0.25, 0.3) is 0 Å². The maximum absolute atomic E-state index is 9.51. The lowest BCUT2D eigenvalue weighted by Crippen LogP contribution is -2.24. The third kappa shape index (κ3) is 3.59. The summed E-state index contributed by atoms with van der Waals surface area (Å²) in [5, 5.41) is 12.9. The van der Waals surface area contributed by atoms with Gasteiger partial charge in [0.2, 0.25) is 0 Å². The number of aromatic nitrogens is 2. The predicted molar refractivity (Wildman–Crippen MR) is 155 cm³/mol. The van der Waals surface area contributed by atoms with Crippen LogP contribution in [-0.4, -0.2) is 9.97 Å². The Hall–Kier alpha value is -4.46. The van der Waals surface area contributed by atoms with E-state index in [1.54, 1.807) is 11.8 Å². The molecule has 6 aromatic rings. The zero-order chi connectivity index (χ0) is 25.9. The van der Waals surface area contributed by atoms with Gasteiger partial charge in [-0.2, -0.15) is 5.26 Å². The van der Waals surface area contributed by atoms with Crippen molar-refractivity contribution >= 4 is 33.4 Å². The average Bonchev–Trinajstić information content (AvgIpc) is 2.96. The lowest BCUT2D eigenvalue weighted by molar-refractivity contribution is 0.607. The summed E-state index contributed by atoms with van der Waals surface area (Å²) in [6.07, 6.45) is 0. The van der Waals surface area contributed by atoms with Gasteiger partial charge in [0.05, 0.1) is 22.8 Å². The quantitative estimate of drug-likeness (QED) is 0.236. The minimum absolute atomic E-state index is 0.247. The summed E-state index contributed by atoms with van der Waals surface area (Å²) in [6, 6.07) is 38.0. The Balaban J connectivity index is 1.41. The second-order valence-electron chi connectivity index (χ2n) is 10.2. The third-order valence-electron chi connectivity index (χ3n) is 7.54. The van der Waals surface area contributed by atoms with E-state index in [9.17, 15) is 5.26 Å². The molecule has 1 aliphatic heterocycles. The largest absolute Gasteiger partial charge is 0.228 e. The third-order valence-corrected chi connectivity index (χ3v) is 8.69. The standard InChI is InChI=1S/C34H23N3S/c1-34(2)27-17-21(20-35)11-15-30(27)38-31-16-14-24(19-28(31)34)32-26-9-5-6-10-29(26)36-33(37-32)25-13-12-22-7-3-4-8-23(22)18-25/h3-19H,1-2H3. The van der Waals surface area contributed by atoms with Crippen molar-refractivity contribution in [1.29, 1.82) is 5.26 Å². The normalized spacial score (nSPS) is 13.6.